The average molecular weight is 274 g/mol. The average Bonchev–Trinajstić information content (AvgIpc) is 3.03. The van der Waals surface area contributed by atoms with Gasteiger partial charge in [-0.05, 0) is 30.7 Å². The number of rotatable bonds is 3. The van der Waals surface area contributed by atoms with Gasteiger partial charge in [0.1, 0.15) is 5.75 Å². The Bertz CT molecular complexity index is 611. The van der Waals surface area contributed by atoms with Crippen LogP contribution >= 0.6 is 0 Å². The normalized spacial score (nSPS) is 26.7. The van der Waals surface area contributed by atoms with E-state index < -0.39 is 4.92 Å². The number of nitrogens with one attached hydrogen (secondary N) is 1. The number of benzene rings is 1. The van der Waals surface area contributed by atoms with E-state index >= 15 is 0 Å². The second kappa shape index (κ2) is 4.63. The summed E-state index contributed by atoms with van der Waals surface area (Å²) in [5, 5.41) is 23.0. The molecule has 6 nitrogen and oxygen atoms in total. The molecule has 0 radical (unpaired) electrons. The van der Waals surface area contributed by atoms with Gasteiger partial charge in [0.05, 0.1) is 10.6 Å². The third-order valence-corrected chi connectivity index (χ3v) is 4.06. The number of nitro groups is 1. The van der Waals surface area contributed by atoms with Crippen LogP contribution in [0.15, 0.2) is 30.4 Å². The zero-order chi connectivity index (χ0) is 14.3. The fourth-order valence-corrected chi connectivity index (χ4v) is 3.05. The molecule has 1 aromatic rings. The van der Waals surface area contributed by atoms with Gasteiger partial charge in [-0.25, -0.2) is 0 Å². The van der Waals surface area contributed by atoms with Gasteiger partial charge in [-0.2, -0.15) is 0 Å². The van der Waals surface area contributed by atoms with Crippen molar-refractivity contribution in [3.8, 4) is 5.75 Å². The maximum absolute atomic E-state index is 12.2. The second-order valence-corrected chi connectivity index (χ2v) is 5.33. The molecule has 0 aromatic heterocycles. The number of phenolic OH excluding ortho intramolecular Hbond substituents is 1. The topological polar surface area (TPSA) is 92.5 Å². The monoisotopic (exact) mass is 274 g/mol. The Morgan fingerprint density at radius 3 is 2.75 bits per heavy atom. The van der Waals surface area contributed by atoms with Gasteiger partial charge >= 0.3 is 0 Å². The highest BCUT2D eigenvalue weighted by Gasteiger charge is 2.39. The summed E-state index contributed by atoms with van der Waals surface area (Å²) in [5.41, 5.74) is -0.0677. The molecule has 2 bridgehead atoms. The summed E-state index contributed by atoms with van der Waals surface area (Å²) in [6.45, 7) is 0. The molecule has 1 amide bonds. The van der Waals surface area contributed by atoms with E-state index in [4.69, 9.17) is 0 Å². The smallest absolute Gasteiger partial charge is 0.271 e. The van der Waals surface area contributed by atoms with Crippen LogP contribution in [0.2, 0.25) is 0 Å². The van der Waals surface area contributed by atoms with Gasteiger partial charge in [0, 0.05) is 18.1 Å². The molecule has 0 heterocycles. The lowest BCUT2D eigenvalue weighted by atomic mass is 9.93. The van der Waals surface area contributed by atoms with Crippen molar-refractivity contribution in [3.05, 3.63) is 40.5 Å². The maximum Gasteiger partial charge on any atom is 0.271 e. The third-order valence-electron chi connectivity index (χ3n) is 4.06. The number of carbonyl (C=O) groups excluding carboxylic acids is 1. The molecule has 0 aliphatic heterocycles. The lowest BCUT2D eigenvalue weighted by Gasteiger charge is -2.17. The predicted octanol–water partition coefficient (Wildman–Crippen LogP) is 2.45. The second-order valence-electron chi connectivity index (χ2n) is 5.33. The molecule has 0 saturated heterocycles. The minimum atomic E-state index is -0.560. The van der Waals surface area contributed by atoms with Crippen LogP contribution in [0.5, 0.6) is 5.75 Å². The number of anilines is 1. The van der Waals surface area contributed by atoms with Crippen LogP contribution in [0.25, 0.3) is 0 Å². The first kappa shape index (κ1) is 12.7. The number of nitro benzene ring substituents is 1. The summed E-state index contributed by atoms with van der Waals surface area (Å²) in [4.78, 5) is 22.4. The van der Waals surface area contributed by atoms with Gasteiger partial charge in [-0.1, -0.05) is 12.2 Å². The minimum Gasteiger partial charge on any atom is -0.506 e. The highest BCUT2D eigenvalue weighted by Crippen LogP contribution is 2.44. The Morgan fingerprint density at radius 1 is 1.35 bits per heavy atom. The summed E-state index contributed by atoms with van der Waals surface area (Å²) >= 11 is 0. The molecule has 3 atom stereocenters. The van der Waals surface area contributed by atoms with E-state index in [1.807, 2.05) is 0 Å². The molecule has 1 aromatic carbocycles. The molecule has 0 spiro atoms. The Labute approximate surface area is 115 Å². The number of amides is 1. The highest BCUT2D eigenvalue weighted by atomic mass is 16.6. The molecule has 3 unspecified atom stereocenters. The number of carbonyl (C=O) groups is 1. The van der Waals surface area contributed by atoms with E-state index in [2.05, 4.69) is 17.5 Å². The molecular weight excluding hydrogens is 260 g/mol. The first-order valence-corrected chi connectivity index (χ1v) is 6.51. The number of hydrogen-bond acceptors (Lipinski definition) is 4. The Balaban J connectivity index is 1.77. The van der Waals surface area contributed by atoms with Crippen LogP contribution in [-0.2, 0) is 4.79 Å². The van der Waals surface area contributed by atoms with Gasteiger partial charge in [0.2, 0.25) is 5.91 Å². The zero-order valence-corrected chi connectivity index (χ0v) is 10.7. The fourth-order valence-electron chi connectivity index (χ4n) is 3.05. The number of non-ortho nitro benzene ring substituents is 1. The lowest BCUT2D eigenvalue weighted by molar-refractivity contribution is -0.384. The van der Waals surface area contributed by atoms with E-state index in [-0.39, 0.29) is 34.9 Å². The number of hydrogen-bond donors (Lipinski definition) is 2. The van der Waals surface area contributed by atoms with Crippen LogP contribution < -0.4 is 5.32 Å². The summed E-state index contributed by atoms with van der Waals surface area (Å²) < 4.78 is 0. The summed E-state index contributed by atoms with van der Waals surface area (Å²) in [6.07, 6.45) is 6.01. The molecule has 2 N–H and O–H groups in total. The van der Waals surface area contributed by atoms with E-state index in [1.165, 1.54) is 18.2 Å². The number of allylic oxidation sites excluding steroid dienone is 2. The zero-order valence-electron chi connectivity index (χ0n) is 10.7. The maximum atomic E-state index is 12.2. The van der Waals surface area contributed by atoms with E-state index in [1.54, 1.807) is 0 Å². The SMILES string of the molecule is O=C(Nc1cc([N+](=O)[O-])ccc1O)C1CC2C=CC1C2. The Morgan fingerprint density at radius 2 is 2.15 bits per heavy atom. The summed E-state index contributed by atoms with van der Waals surface area (Å²) in [6, 6.07) is 3.59. The predicted molar refractivity (Wildman–Crippen MR) is 72.2 cm³/mol. The van der Waals surface area contributed by atoms with Crippen molar-refractivity contribution in [2.75, 3.05) is 5.32 Å². The first-order valence-electron chi connectivity index (χ1n) is 6.51. The van der Waals surface area contributed by atoms with Crippen molar-refractivity contribution in [2.45, 2.75) is 12.8 Å². The summed E-state index contributed by atoms with van der Waals surface area (Å²) in [5.74, 6) is 0.263. The molecule has 104 valence electrons. The van der Waals surface area contributed by atoms with Crippen molar-refractivity contribution < 1.29 is 14.8 Å². The van der Waals surface area contributed by atoms with Crippen molar-refractivity contribution in [2.24, 2.45) is 17.8 Å². The van der Waals surface area contributed by atoms with Crippen LogP contribution in [0.3, 0.4) is 0 Å². The number of fused-ring (bicyclic) bond motifs is 2. The van der Waals surface area contributed by atoms with Gasteiger partial charge in [0.15, 0.2) is 0 Å². The number of aromatic hydroxyl groups is 1. The third kappa shape index (κ3) is 2.13. The summed E-state index contributed by atoms with van der Waals surface area (Å²) in [7, 11) is 0. The van der Waals surface area contributed by atoms with Crippen molar-refractivity contribution in [1.29, 1.82) is 0 Å². The molecule has 2 aliphatic rings. The molecular formula is C14H14N2O4. The molecule has 1 saturated carbocycles. The quantitative estimate of drug-likeness (QED) is 0.383. The highest BCUT2D eigenvalue weighted by molar-refractivity contribution is 5.95. The molecule has 20 heavy (non-hydrogen) atoms. The molecule has 6 heteroatoms. The van der Waals surface area contributed by atoms with Crippen molar-refractivity contribution in [1.82, 2.24) is 0 Å². The minimum absolute atomic E-state index is 0.0935. The standard InChI is InChI=1S/C14H14N2O4/c17-13-4-3-10(16(19)20)7-12(13)15-14(18)11-6-8-1-2-9(11)5-8/h1-4,7-9,11,17H,5-6H2,(H,15,18). The Hall–Kier alpha value is -2.37. The number of phenols is 1. The van der Waals surface area contributed by atoms with Crippen LogP contribution in [0, 0.1) is 27.9 Å². The lowest BCUT2D eigenvalue weighted by Crippen LogP contribution is -2.25. The van der Waals surface area contributed by atoms with E-state index in [0.717, 1.165) is 12.8 Å². The first-order chi connectivity index (χ1) is 9.54. The largest absolute Gasteiger partial charge is 0.506 e. The van der Waals surface area contributed by atoms with Gasteiger partial charge in [0.25, 0.3) is 5.69 Å². The molecule has 1 fully saturated rings. The van der Waals surface area contributed by atoms with E-state index in [9.17, 15) is 20.0 Å². The Kier molecular flexibility index (Phi) is 2.93. The van der Waals surface area contributed by atoms with Gasteiger partial charge < -0.3 is 10.4 Å². The molecule has 3 rings (SSSR count). The fraction of sp³-hybridized carbons (Fsp3) is 0.357. The van der Waals surface area contributed by atoms with Crippen molar-refractivity contribution >= 4 is 17.3 Å². The number of nitrogens with zero attached hydrogens (tertiary/aromatic N) is 1. The van der Waals surface area contributed by atoms with Crippen molar-refractivity contribution in [3.63, 3.8) is 0 Å². The van der Waals surface area contributed by atoms with Gasteiger partial charge in [-0.15, -0.1) is 0 Å². The van der Waals surface area contributed by atoms with Gasteiger partial charge in [-0.3, -0.25) is 14.9 Å². The van der Waals surface area contributed by atoms with Crippen LogP contribution in [0.4, 0.5) is 11.4 Å². The van der Waals surface area contributed by atoms with Crippen LogP contribution in [0.1, 0.15) is 12.8 Å². The van der Waals surface area contributed by atoms with E-state index in [0.29, 0.717) is 5.92 Å². The van der Waals surface area contributed by atoms with Crippen LogP contribution in [-0.4, -0.2) is 15.9 Å². The molecule has 2 aliphatic carbocycles.